The van der Waals surface area contributed by atoms with Gasteiger partial charge in [-0.15, -0.1) is 24.0 Å². The highest BCUT2D eigenvalue weighted by Gasteiger charge is 2.22. The number of thioether (sulfide) groups is 1. The number of benzene rings is 1. The van der Waals surface area contributed by atoms with E-state index in [0.717, 1.165) is 12.8 Å². The molecule has 2 rings (SSSR count). The summed E-state index contributed by atoms with van der Waals surface area (Å²) in [5.41, 5.74) is 0.689. The van der Waals surface area contributed by atoms with Gasteiger partial charge in [-0.1, -0.05) is 18.6 Å². The first-order chi connectivity index (χ1) is 11.1. The predicted molar refractivity (Wildman–Crippen MR) is 111 cm³/mol. The molecule has 3 atom stereocenters. The van der Waals surface area contributed by atoms with E-state index in [1.54, 1.807) is 19.2 Å². The lowest BCUT2D eigenvalue weighted by Crippen LogP contribution is -2.46. The summed E-state index contributed by atoms with van der Waals surface area (Å²) in [5, 5.41) is 17.5. The van der Waals surface area contributed by atoms with E-state index in [1.165, 1.54) is 25.0 Å². The number of aliphatic imine (C=N–C) groups is 1. The average Bonchev–Trinajstić information content (AvgIpc) is 2.59. The Hall–Kier alpha value is -0.540. The third-order valence-electron chi connectivity index (χ3n) is 4.24. The predicted octanol–water partition coefficient (Wildman–Crippen LogP) is 3.32. The molecule has 0 radical (unpaired) electrons. The normalized spacial score (nSPS) is 22.4. The smallest absolute Gasteiger partial charge is 0.191 e. The minimum Gasteiger partial charge on any atom is -0.387 e. The van der Waals surface area contributed by atoms with Crippen LogP contribution < -0.4 is 10.6 Å². The van der Waals surface area contributed by atoms with E-state index in [9.17, 15) is 9.50 Å². The molecule has 7 heteroatoms. The SMILES string of the molecule is CN=C(NCC(O)c1ccc(F)cc1)NC1CCCC(SC)C1.I. The Balaban J connectivity index is 0.00000288. The zero-order valence-electron chi connectivity index (χ0n) is 14.2. The molecule has 1 aromatic rings. The van der Waals surface area contributed by atoms with Gasteiger partial charge >= 0.3 is 0 Å². The fourth-order valence-corrected chi connectivity index (χ4v) is 3.70. The molecule has 4 nitrogen and oxygen atoms in total. The maximum absolute atomic E-state index is 12.9. The molecule has 0 aliphatic heterocycles. The number of aliphatic hydroxyl groups is 1. The average molecular weight is 467 g/mol. The van der Waals surface area contributed by atoms with E-state index in [0.29, 0.717) is 29.4 Å². The first-order valence-corrected chi connectivity index (χ1v) is 9.34. The molecule has 0 amide bonds. The molecule has 0 spiro atoms. The van der Waals surface area contributed by atoms with Crippen molar-refractivity contribution in [3.63, 3.8) is 0 Å². The lowest BCUT2D eigenvalue weighted by atomic mass is 9.95. The second-order valence-electron chi connectivity index (χ2n) is 5.89. The lowest BCUT2D eigenvalue weighted by molar-refractivity contribution is 0.180. The number of rotatable bonds is 5. The Labute approximate surface area is 165 Å². The van der Waals surface area contributed by atoms with E-state index >= 15 is 0 Å². The molecule has 0 aromatic heterocycles. The van der Waals surface area contributed by atoms with Crippen molar-refractivity contribution < 1.29 is 9.50 Å². The minimum atomic E-state index is -0.695. The fraction of sp³-hybridized carbons (Fsp3) is 0.588. The van der Waals surface area contributed by atoms with Gasteiger partial charge in [-0.2, -0.15) is 11.8 Å². The molecule has 136 valence electrons. The molecule has 3 N–H and O–H groups in total. The third kappa shape index (κ3) is 6.76. The highest BCUT2D eigenvalue weighted by molar-refractivity contribution is 14.0. The molecule has 1 saturated carbocycles. The molecule has 0 bridgehead atoms. The summed E-state index contributed by atoms with van der Waals surface area (Å²) in [7, 11) is 1.73. The number of nitrogens with zero attached hydrogens (tertiary/aromatic N) is 1. The summed E-state index contributed by atoms with van der Waals surface area (Å²) in [6.07, 6.45) is 6.28. The number of aliphatic hydroxyl groups excluding tert-OH is 1. The highest BCUT2D eigenvalue weighted by Crippen LogP contribution is 2.26. The van der Waals surface area contributed by atoms with E-state index in [1.807, 2.05) is 11.8 Å². The second-order valence-corrected chi connectivity index (χ2v) is 7.02. The monoisotopic (exact) mass is 467 g/mol. The Morgan fingerprint density at radius 2 is 2.08 bits per heavy atom. The van der Waals surface area contributed by atoms with E-state index in [4.69, 9.17) is 0 Å². The molecular formula is C17H27FIN3OS. The maximum atomic E-state index is 12.9. The van der Waals surface area contributed by atoms with Crippen molar-refractivity contribution in [3.05, 3.63) is 35.6 Å². The Morgan fingerprint density at radius 3 is 2.71 bits per heavy atom. The topological polar surface area (TPSA) is 56.7 Å². The van der Waals surface area contributed by atoms with Crippen LogP contribution >= 0.6 is 35.7 Å². The molecule has 0 saturated heterocycles. The van der Waals surface area contributed by atoms with Crippen LogP contribution in [-0.4, -0.2) is 42.2 Å². The highest BCUT2D eigenvalue weighted by atomic mass is 127. The maximum Gasteiger partial charge on any atom is 0.191 e. The van der Waals surface area contributed by atoms with Crippen LogP contribution in [0.2, 0.25) is 0 Å². The molecule has 3 unspecified atom stereocenters. The van der Waals surface area contributed by atoms with E-state index in [-0.39, 0.29) is 29.8 Å². The first-order valence-electron chi connectivity index (χ1n) is 8.06. The van der Waals surface area contributed by atoms with Gasteiger partial charge in [0.15, 0.2) is 5.96 Å². The Morgan fingerprint density at radius 1 is 1.38 bits per heavy atom. The van der Waals surface area contributed by atoms with Crippen LogP contribution in [0.15, 0.2) is 29.3 Å². The Bertz CT molecular complexity index is 515. The van der Waals surface area contributed by atoms with Crippen molar-refractivity contribution in [2.75, 3.05) is 19.8 Å². The van der Waals surface area contributed by atoms with Crippen LogP contribution in [-0.2, 0) is 0 Å². The summed E-state index contributed by atoms with van der Waals surface area (Å²) in [6, 6.07) is 6.34. The van der Waals surface area contributed by atoms with Crippen LogP contribution in [0.4, 0.5) is 4.39 Å². The molecule has 1 aromatic carbocycles. The third-order valence-corrected chi connectivity index (χ3v) is 5.34. The van der Waals surface area contributed by atoms with Crippen LogP contribution in [0, 0.1) is 5.82 Å². The van der Waals surface area contributed by atoms with Gasteiger partial charge in [0.25, 0.3) is 0 Å². The van der Waals surface area contributed by atoms with Crippen LogP contribution in [0.3, 0.4) is 0 Å². The van der Waals surface area contributed by atoms with Gasteiger partial charge in [0.1, 0.15) is 5.82 Å². The summed E-state index contributed by atoms with van der Waals surface area (Å²) >= 11 is 1.93. The van der Waals surface area contributed by atoms with Crippen molar-refractivity contribution >= 4 is 41.7 Å². The lowest BCUT2D eigenvalue weighted by Gasteiger charge is -2.30. The van der Waals surface area contributed by atoms with Gasteiger partial charge in [-0.05, 0) is 43.2 Å². The van der Waals surface area contributed by atoms with Crippen molar-refractivity contribution in [2.24, 2.45) is 4.99 Å². The summed E-state index contributed by atoms with van der Waals surface area (Å²) in [6.45, 7) is 0.337. The van der Waals surface area contributed by atoms with Gasteiger partial charge in [0.05, 0.1) is 6.10 Å². The summed E-state index contributed by atoms with van der Waals surface area (Å²) < 4.78 is 12.9. The number of hydrogen-bond acceptors (Lipinski definition) is 3. The molecule has 24 heavy (non-hydrogen) atoms. The molecule has 1 aliphatic rings. The van der Waals surface area contributed by atoms with Gasteiger partial charge in [-0.25, -0.2) is 4.39 Å². The van der Waals surface area contributed by atoms with Crippen molar-refractivity contribution in [3.8, 4) is 0 Å². The Kier molecular flexibility index (Phi) is 9.99. The van der Waals surface area contributed by atoms with Gasteiger partial charge in [0.2, 0.25) is 0 Å². The van der Waals surface area contributed by atoms with E-state index in [2.05, 4.69) is 21.9 Å². The van der Waals surface area contributed by atoms with Crippen molar-refractivity contribution in [1.82, 2.24) is 10.6 Å². The zero-order valence-corrected chi connectivity index (χ0v) is 17.3. The standard InChI is InChI=1S/C17H26FN3OS.HI/c1-19-17(21-14-4-3-5-15(10-14)23-2)20-11-16(22)12-6-8-13(18)9-7-12;/h6-9,14-16,22H,3-5,10-11H2,1-2H3,(H2,19,20,21);1H. The molecule has 1 aliphatic carbocycles. The number of guanidine groups is 1. The quantitative estimate of drug-likeness (QED) is 0.354. The first kappa shape index (κ1) is 21.5. The van der Waals surface area contributed by atoms with E-state index < -0.39 is 6.10 Å². The van der Waals surface area contributed by atoms with Crippen LogP contribution in [0.1, 0.15) is 37.4 Å². The second kappa shape index (κ2) is 11.1. The molecule has 0 heterocycles. The minimum absolute atomic E-state index is 0. The fourth-order valence-electron chi connectivity index (χ4n) is 2.87. The van der Waals surface area contributed by atoms with Crippen molar-refractivity contribution in [1.29, 1.82) is 0 Å². The van der Waals surface area contributed by atoms with Gasteiger partial charge in [0, 0.05) is 24.9 Å². The summed E-state index contributed by atoms with van der Waals surface area (Å²) in [5.74, 6) is 0.407. The number of halogens is 2. The number of nitrogens with one attached hydrogen (secondary N) is 2. The zero-order chi connectivity index (χ0) is 16.7. The van der Waals surface area contributed by atoms with Crippen LogP contribution in [0.5, 0.6) is 0 Å². The number of hydrogen-bond donors (Lipinski definition) is 3. The van der Waals surface area contributed by atoms with Crippen molar-refractivity contribution in [2.45, 2.75) is 43.1 Å². The van der Waals surface area contributed by atoms with Crippen LogP contribution in [0.25, 0.3) is 0 Å². The van der Waals surface area contributed by atoms with Gasteiger partial charge < -0.3 is 15.7 Å². The largest absolute Gasteiger partial charge is 0.387 e. The summed E-state index contributed by atoms with van der Waals surface area (Å²) in [4.78, 5) is 4.23. The molecule has 1 fully saturated rings. The molecular weight excluding hydrogens is 440 g/mol. The van der Waals surface area contributed by atoms with Gasteiger partial charge in [-0.3, -0.25) is 4.99 Å².